The molecule has 1 aliphatic heterocycles. The zero-order chi connectivity index (χ0) is 16.7. The summed E-state index contributed by atoms with van der Waals surface area (Å²) in [6.07, 6.45) is 4.35. The van der Waals surface area contributed by atoms with Gasteiger partial charge in [-0.05, 0) is 56.4 Å². The smallest absolute Gasteiger partial charge is 0.306 e. The molecule has 7 heteroatoms. The summed E-state index contributed by atoms with van der Waals surface area (Å²) >= 11 is 0. The third-order valence-corrected chi connectivity index (χ3v) is 5.32. The van der Waals surface area contributed by atoms with Gasteiger partial charge in [0.2, 0.25) is 5.91 Å². The lowest BCUT2D eigenvalue weighted by molar-refractivity contribution is -0.128. The molecule has 1 aromatic carbocycles. The summed E-state index contributed by atoms with van der Waals surface area (Å²) in [5, 5.41) is 9.66. The van der Waals surface area contributed by atoms with Crippen LogP contribution in [0.2, 0.25) is 0 Å². The molecule has 1 amide bonds. The molecule has 1 saturated carbocycles. The van der Waals surface area contributed by atoms with Crippen LogP contribution in [0.15, 0.2) is 24.3 Å². The van der Waals surface area contributed by atoms with Crippen LogP contribution in [-0.2, 0) is 14.9 Å². The maximum atomic E-state index is 12.8. The quantitative estimate of drug-likeness (QED) is 0.847. The van der Waals surface area contributed by atoms with Gasteiger partial charge in [0.15, 0.2) is 0 Å². The molecule has 1 heterocycles. The summed E-state index contributed by atoms with van der Waals surface area (Å²) in [6.45, 7) is 0.654. The van der Waals surface area contributed by atoms with E-state index in [2.05, 4.69) is 0 Å². The average molecular weight is 339 g/mol. The minimum atomic E-state index is -3.55. The summed E-state index contributed by atoms with van der Waals surface area (Å²) in [5.74, 6) is 0.347. The number of aliphatic hydroxyl groups excluding tert-OH is 1. The highest BCUT2D eigenvalue weighted by atomic mass is 32.2. The fraction of sp³-hybridized carbons (Fsp3) is 0.562. The lowest BCUT2D eigenvalue weighted by atomic mass is 9.72. The number of nitrogens with zero attached hydrogens (tertiary/aromatic N) is 1. The fourth-order valence-corrected chi connectivity index (χ4v) is 4.00. The normalized spacial score (nSPS) is 28.3. The fourth-order valence-electron chi connectivity index (χ4n) is 3.54. The molecule has 6 nitrogen and oxygen atoms in total. The summed E-state index contributed by atoms with van der Waals surface area (Å²) in [7, 11) is -3.55. The highest BCUT2D eigenvalue weighted by molar-refractivity contribution is 7.86. The molecule has 1 saturated heterocycles. The maximum Gasteiger partial charge on any atom is 0.306 e. The van der Waals surface area contributed by atoms with E-state index in [1.807, 2.05) is 0 Å². The minimum absolute atomic E-state index is 0.112. The van der Waals surface area contributed by atoms with Crippen molar-refractivity contribution < 1.29 is 22.5 Å². The van der Waals surface area contributed by atoms with Gasteiger partial charge in [-0.3, -0.25) is 4.79 Å². The molecule has 0 bridgehead atoms. The predicted molar refractivity (Wildman–Crippen MR) is 85.8 cm³/mol. The molecule has 1 aromatic rings. The van der Waals surface area contributed by atoms with Gasteiger partial charge in [0.05, 0.1) is 17.8 Å². The monoisotopic (exact) mass is 339 g/mol. The lowest BCUT2D eigenvalue weighted by Crippen LogP contribution is -2.38. The minimum Gasteiger partial charge on any atom is -0.393 e. The summed E-state index contributed by atoms with van der Waals surface area (Å²) < 4.78 is 27.0. The summed E-state index contributed by atoms with van der Waals surface area (Å²) in [6, 6.07) is 6.52. The number of amides is 1. The second-order valence-corrected chi connectivity index (χ2v) is 8.07. The number of aliphatic hydroxyl groups is 1. The van der Waals surface area contributed by atoms with Crippen molar-refractivity contribution >= 4 is 21.7 Å². The first kappa shape index (κ1) is 16.3. The molecule has 0 aromatic heterocycles. The van der Waals surface area contributed by atoms with E-state index in [1.165, 1.54) is 0 Å². The van der Waals surface area contributed by atoms with Crippen LogP contribution in [0.4, 0.5) is 5.69 Å². The number of hydrogen-bond donors (Lipinski definition) is 1. The van der Waals surface area contributed by atoms with Crippen LogP contribution in [-0.4, -0.2) is 38.3 Å². The van der Waals surface area contributed by atoms with Crippen molar-refractivity contribution in [2.75, 3.05) is 17.7 Å². The SMILES string of the molecule is CS(=O)(=O)Oc1ccc(N2CCC3(CCC(O)CC3)C2=O)cc1. The first-order valence-electron chi connectivity index (χ1n) is 7.79. The molecule has 23 heavy (non-hydrogen) atoms. The summed E-state index contributed by atoms with van der Waals surface area (Å²) in [4.78, 5) is 14.6. The molecule has 0 atom stereocenters. The Labute approximate surface area is 136 Å². The van der Waals surface area contributed by atoms with Gasteiger partial charge < -0.3 is 14.2 Å². The molecule has 1 N–H and O–H groups in total. The first-order chi connectivity index (χ1) is 10.8. The van der Waals surface area contributed by atoms with Crippen molar-refractivity contribution in [3.63, 3.8) is 0 Å². The predicted octanol–water partition coefficient (Wildman–Crippen LogP) is 1.68. The Bertz CT molecular complexity index is 690. The average Bonchev–Trinajstić information content (AvgIpc) is 2.79. The molecule has 1 spiro atoms. The van der Waals surface area contributed by atoms with Crippen molar-refractivity contribution in [3.05, 3.63) is 24.3 Å². The molecule has 0 unspecified atom stereocenters. The van der Waals surface area contributed by atoms with E-state index in [0.29, 0.717) is 19.4 Å². The van der Waals surface area contributed by atoms with Gasteiger partial charge in [-0.2, -0.15) is 8.42 Å². The molecule has 0 radical (unpaired) electrons. The van der Waals surface area contributed by atoms with Gasteiger partial charge >= 0.3 is 10.1 Å². The van der Waals surface area contributed by atoms with Crippen LogP contribution in [0.1, 0.15) is 32.1 Å². The van der Waals surface area contributed by atoms with E-state index in [0.717, 1.165) is 31.2 Å². The maximum absolute atomic E-state index is 12.8. The van der Waals surface area contributed by atoms with E-state index in [1.54, 1.807) is 29.2 Å². The van der Waals surface area contributed by atoms with Crippen molar-refractivity contribution in [2.45, 2.75) is 38.2 Å². The Morgan fingerprint density at radius 3 is 2.35 bits per heavy atom. The van der Waals surface area contributed by atoms with Crippen LogP contribution in [0, 0.1) is 5.41 Å². The van der Waals surface area contributed by atoms with E-state index < -0.39 is 10.1 Å². The zero-order valence-corrected chi connectivity index (χ0v) is 13.9. The largest absolute Gasteiger partial charge is 0.393 e. The van der Waals surface area contributed by atoms with E-state index in [-0.39, 0.29) is 23.2 Å². The number of benzene rings is 1. The number of carbonyl (C=O) groups excluding carboxylic acids is 1. The van der Waals surface area contributed by atoms with Crippen molar-refractivity contribution in [1.82, 2.24) is 0 Å². The Morgan fingerprint density at radius 1 is 1.17 bits per heavy atom. The van der Waals surface area contributed by atoms with Crippen molar-refractivity contribution in [3.8, 4) is 5.75 Å². The zero-order valence-electron chi connectivity index (χ0n) is 13.1. The van der Waals surface area contributed by atoms with Crippen LogP contribution >= 0.6 is 0 Å². The highest BCUT2D eigenvalue weighted by Gasteiger charge is 2.48. The van der Waals surface area contributed by atoms with Gasteiger partial charge in [0.1, 0.15) is 5.75 Å². The van der Waals surface area contributed by atoms with Crippen molar-refractivity contribution in [1.29, 1.82) is 0 Å². The molecule has 2 fully saturated rings. The molecular formula is C16H21NO5S. The Kier molecular flexibility index (Phi) is 4.10. The van der Waals surface area contributed by atoms with Gasteiger partial charge in [0.25, 0.3) is 0 Å². The van der Waals surface area contributed by atoms with E-state index >= 15 is 0 Å². The van der Waals surface area contributed by atoms with Gasteiger partial charge in [-0.15, -0.1) is 0 Å². The third kappa shape index (κ3) is 3.35. The van der Waals surface area contributed by atoms with E-state index in [4.69, 9.17) is 4.18 Å². The number of rotatable bonds is 3. The molecule has 3 rings (SSSR count). The van der Waals surface area contributed by atoms with Crippen LogP contribution in [0.5, 0.6) is 5.75 Å². The van der Waals surface area contributed by atoms with Crippen LogP contribution in [0.3, 0.4) is 0 Å². The molecule has 1 aliphatic carbocycles. The number of hydrogen-bond acceptors (Lipinski definition) is 5. The van der Waals surface area contributed by atoms with E-state index in [9.17, 15) is 18.3 Å². The van der Waals surface area contributed by atoms with Crippen molar-refractivity contribution in [2.24, 2.45) is 5.41 Å². The third-order valence-electron chi connectivity index (χ3n) is 4.82. The van der Waals surface area contributed by atoms with Gasteiger partial charge in [0, 0.05) is 12.2 Å². The first-order valence-corrected chi connectivity index (χ1v) is 9.60. The van der Waals surface area contributed by atoms with Gasteiger partial charge in [-0.1, -0.05) is 0 Å². The number of carbonyl (C=O) groups is 1. The summed E-state index contributed by atoms with van der Waals surface area (Å²) in [5.41, 5.74) is 0.417. The lowest BCUT2D eigenvalue weighted by Gasteiger charge is -2.33. The number of anilines is 1. The Hall–Kier alpha value is -1.60. The highest BCUT2D eigenvalue weighted by Crippen LogP contribution is 2.46. The topological polar surface area (TPSA) is 83.9 Å². The Morgan fingerprint density at radius 2 is 1.78 bits per heavy atom. The standard InChI is InChI=1S/C16H21NO5S/c1-23(20,21)22-14-4-2-12(3-5-14)17-11-10-16(15(17)19)8-6-13(18)7-9-16/h2-5,13,18H,6-11H2,1H3. The second kappa shape index (κ2) is 5.79. The van der Waals surface area contributed by atoms with Gasteiger partial charge in [-0.25, -0.2) is 0 Å². The molecule has 2 aliphatic rings. The van der Waals surface area contributed by atoms with Crippen LogP contribution < -0.4 is 9.08 Å². The molecular weight excluding hydrogens is 318 g/mol. The second-order valence-electron chi connectivity index (χ2n) is 6.50. The molecule has 126 valence electrons. The van der Waals surface area contributed by atoms with Crippen LogP contribution in [0.25, 0.3) is 0 Å². The Balaban J connectivity index is 1.74.